The zero-order valence-electron chi connectivity index (χ0n) is 70.5. The maximum atomic E-state index is 4.52. The van der Waals surface area contributed by atoms with Crippen LogP contribution in [0.25, 0.3) is 76.7 Å². The smallest absolute Gasteiger partial charge is 0.0960 e. The molecule has 0 saturated carbocycles. The summed E-state index contributed by atoms with van der Waals surface area (Å²) in [4.78, 5) is 13.4. The predicted molar refractivity (Wildman–Crippen MR) is 463 cm³/mol. The first kappa shape index (κ1) is 82.8. The zero-order valence-corrected chi connectivity index (χ0v) is 70.5. The topological polar surface area (TPSA) is 73.2 Å². The van der Waals surface area contributed by atoms with E-state index in [0.717, 1.165) is 16.6 Å². The van der Waals surface area contributed by atoms with Gasteiger partial charge in [-0.15, -0.1) is 0 Å². The van der Waals surface area contributed by atoms with Gasteiger partial charge in [0.2, 0.25) is 0 Å². The van der Waals surface area contributed by atoms with E-state index in [2.05, 4.69) is 424 Å². The van der Waals surface area contributed by atoms with Crippen LogP contribution in [0.15, 0.2) is 195 Å². The normalized spacial score (nSPS) is 12.0. The van der Waals surface area contributed by atoms with Gasteiger partial charge in [0.25, 0.3) is 0 Å². The third-order valence-electron chi connectivity index (χ3n) is 20.5. The summed E-state index contributed by atoms with van der Waals surface area (Å²) < 4.78 is 16.0. The maximum absolute atomic E-state index is 4.52. The van der Waals surface area contributed by atoms with E-state index in [1.54, 1.807) is 0 Å². The number of aromatic nitrogens is 10. The van der Waals surface area contributed by atoms with E-state index < -0.39 is 0 Å². The Bertz CT molecular complexity index is 4750. The molecule has 0 aliphatic heterocycles. The molecule has 10 heteroatoms. The van der Waals surface area contributed by atoms with Crippen LogP contribution in [0.3, 0.4) is 0 Å². The van der Waals surface area contributed by atoms with Crippen LogP contribution in [0.5, 0.6) is 0 Å². The van der Waals surface area contributed by atoms with Crippen molar-refractivity contribution in [1.82, 2.24) is 46.9 Å². The lowest BCUT2D eigenvalue weighted by atomic mass is 9.87. The molecule has 0 aliphatic rings. The van der Waals surface area contributed by atoms with Crippen molar-refractivity contribution < 1.29 is 0 Å². The van der Waals surface area contributed by atoms with Gasteiger partial charge >= 0.3 is 0 Å². The highest BCUT2D eigenvalue weighted by atomic mass is 15.1. The van der Waals surface area contributed by atoms with Gasteiger partial charge in [-0.3, -0.25) is 0 Å². The average molecular weight is 1430 g/mol. The van der Waals surface area contributed by atoms with Crippen molar-refractivity contribution >= 4 is 76.7 Å². The van der Waals surface area contributed by atoms with Crippen LogP contribution < -0.4 is 0 Å². The second-order valence-electron chi connectivity index (χ2n) is 34.0. The molecular weight excluding hydrogens is 1290 g/mol. The van der Waals surface area contributed by atoms with Crippen molar-refractivity contribution in [3.63, 3.8) is 0 Å². The third-order valence-corrected chi connectivity index (χ3v) is 20.5. The summed E-state index contributed by atoms with van der Waals surface area (Å²) in [5, 5.41) is 5.50. The summed E-state index contributed by atoms with van der Waals surface area (Å²) in [5.41, 5.74) is 22.5. The number of nitrogens with zero attached hydrogens (tertiary/aromatic N) is 10. The lowest BCUT2D eigenvalue weighted by molar-refractivity contribution is 0.588. The molecule has 0 atom stereocenters. The van der Waals surface area contributed by atoms with Gasteiger partial charge < -0.3 is 32.0 Å². The summed E-state index contributed by atoms with van der Waals surface area (Å²) in [5.74, 6) is 3.47. The fourth-order valence-corrected chi connectivity index (χ4v) is 14.0. The maximum Gasteiger partial charge on any atom is 0.0960 e. The fraction of sp³-hybridized carbons (Fsp3) is 0.448. The van der Waals surface area contributed by atoms with E-state index in [-0.39, 0.29) is 5.41 Å². The van der Waals surface area contributed by atoms with Gasteiger partial charge in [0, 0.05) is 99.9 Å². The van der Waals surface area contributed by atoms with E-state index in [1.165, 1.54) is 99.1 Å². The summed E-state index contributed by atoms with van der Waals surface area (Å²) in [6, 6.07) is 58.8. The Morgan fingerprint density at radius 1 is 0.255 bits per heavy atom. The largest absolute Gasteiger partial charge is 0.345 e. The van der Waals surface area contributed by atoms with Gasteiger partial charge in [-0.1, -0.05) is 171 Å². The van der Waals surface area contributed by atoms with Gasteiger partial charge in [-0.2, -0.15) is 0 Å². The Kier molecular flexibility index (Phi) is 28.2. The van der Waals surface area contributed by atoms with Gasteiger partial charge in [0.05, 0.1) is 52.1 Å². The Morgan fingerprint density at radius 2 is 0.632 bits per heavy atom. The molecule has 0 bridgehead atoms. The summed E-state index contributed by atoms with van der Waals surface area (Å²) in [7, 11) is 0. The molecule has 0 radical (unpaired) electrons. The van der Waals surface area contributed by atoms with Crippen LogP contribution in [0.1, 0.15) is 318 Å². The molecular formula is C96H132N10. The summed E-state index contributed by atoms with van der Waals surface area (Å²) in [6.45, 7) is 64.4. The number of benzene rings is 7. The van der Waals surface area contributed by atoms with E-state index >= 15 is 0 Å². The van der Waals surface area contributed by atoms with E-state index in [0.29, 0.717) is 77.8 Å². The fourth-order valence-electron chi connectivity index (χ4n) is 14.0. The molecule has 0 spiro atoms. The van der Waals surface area contributed by atoms with E-state index in [9.17, 15) is 0 Å². The van der Waals surface area contributed by atoms with E-state index in [4.69, 9.17) is 0 Å². The molecule has 14 rings (SSSR count). The third kappa shape index (κ3) is 19.8. The average Bonchev–Trinajstić information content (AvgIpc) is 1.65. The first-order chi connectivity index (χ1) is 50.0. The first-order valence-electron chi connectivity index (χ1n) is 39.8. The molecule has 0 N–H and O–H groups in total. The van der Waals surface area contributed by atoms with Crippen molar-refractivity contribution in [2.24, 2.45) is 0 Å². The lowest BCUT2D eigenvalue weighted by Gasteiger charge is -2.20. The monoisotopic (exact) mass is 1430 g/mol. The highest BCUT2D eigenvalue weighted by Crippen LogP contribution is 2.34. The quantitative estimate of drug-likeness (QED) is 0.115. The molecule has 14 aromatic rings. The van der Waals surface area contributed by atoms with E-state index in [1.807, 2.05) is 19.0 Å². The minimum Gasteiger partial charge on any atom is -0.345 e. The minimum atomic E-state index is 0.222. The molecule has 10 nitrogen and oxygen atoms in total. The van der Waals surface area contributed by atoms with Crippen LogP contribution in [-0.2, 0) is 5.41 Å². The molecule has 106 heavy (non-hydrogen) atoms. The Labute approximate surface area is 638 Å². The number of para-hydroxylation sites is 1. The number of imidazole rings is 3. The highest BCUT2D eigenvalue weighted by molar-refractivity contribution is 5.86. The molecule has 7 aromatic heterocycles. The molecule has 0 amide bonds. The van der Waals surface area contributed by atoms with Crippen molar-refractivity contribution in [3.05, 3.63) is 234 Å². The van der Waals surface area contributed by atoms with Crippen LogP contribution >= 0.6 is 0 Å². The molecule has 566 valence electrons. The Hall–Kier alpha value is -8.89. The summed E-state index contributed by atoms with van der Waals surface area (Å²) >= 11 is 0. The predicted octanol–water partition coefficient (Wildman–Crippen LogP) is 28.8. The summed E-state index contributed by atoms with van der Waals surface area (Å²) in [6.07, 6.45) is 14.6. The molecule has 0 aliphatic carbocycles. The lowest BCUT2D eigenvalue weighted by Crippen LogP contribution is -2.11. The standard InChI is InChI=1S/C15H21N.3C14H19N.3C13H18N2/c1-11(2)16-9-8-12-6-7-13(10-14(12)16)15(3,4)5;1-10(2)12-5-6-14-13(9-12)7-8-15(14)11(3)4;2*1-10(2)12-6-5-7-14-13(12)8-9-15(14)11(3)4;1-9(2)11-5-6-13-12(7-11)14-8-15(13)10(3)4;1-9(2)11-5-6-12-13(7-11)15(8-14-12)10(3)4;1-9(2)11-6-5-7-12-13(11)14-8-15(12)10(3)4/h6-11H,1-5H3;3*5-11H,1-4H3;3*5-10H,1-4H3. The van der Waals surface area contributed by atoms with Gasteiger partial charge in [0.1, 0.15) is 0 Å². The zero-order chi connectivity index (χ0) is 77.9. The van der Waals surface area contributed by atoms with Gasteiger partial charge in [0.15, 0.2) is 0 Å². The second-order valence-corrected chi connectivity index (χ2v) is 34.0. The Morgan fingerprint density at radius 3 is 1.10 bits per heavy atom. The molecule has 7 heterocycles. The SMILES string of the molecule is CC(C)c1ccc2c(c1)ncn2C(C)C.CC(C)c1ccc2c(ccn2C(C)C)c1.CC(C)c1ccc2ncn(C(C)C)c2c1.CC(C)c1cccc2c1ccn2C(C)C.CC(C)c1cccc2c1ccn2C(C)C.CC(C)c1cccc2c1ncn2C(C)C.CC(C)n1ccc2ccc(C(C)(C)C)cc21. The number of hydrogen-bond acceptors (Lipinski definition) is 3. The van der Waals surface area contributed by atoms with Crippen LogP contribution in [0.2, 0.25) is 0 Å². The molecule has 0 fully saturated rings. The van der Waals surface area contributed by atoms with Crippen LogP contribution in [-0.4, -0.2) is 46.9 Å². The highest BCUT2D eigenvalue weighted by Gasteiger charge is 2.18. The second kappa shape index (κ2) is 36.1. The Balaban J connectivity index is 0.000000156. The number of fused-ring (bicyclic) bond motifs is 7. The number of hydrogen-bond donors (Lipinski definition) is 0. The molecule has 7 aromatic carbocycles. The van der Waals surface area contributed by atoms with Crippen molar-refractivity contribution in [2.45, 2.75) is 284 Å². The van der Waals surface area contributed by atoms with Crippen molar-refractivity contribution in [2.75, 3.05) is 0 Å². The molecule has 0 unspecified atom stereocenters. The van der Waals surface area contributed by atoms with Crippen LogP contribution in [0, 0.1) is 0 Å². The van der Waals surface area contributed by atoms with Gasteiger partial charge in [-0.25, -0.2) is 15.0 Å². The van der Waals surface area contributed by atoms with Gasteiger partial charge in [-0.05, 0) is 273 Å². The molecule has 0 saturated heterocycles. The van der Waals surface area contributed by atoms with Crippen LogP contribution in [0.4, 0.5) is 0 Å². The minimum absolute atomic E-state index is 0.222. The first-order valence-corrected chi connectivity index (χ1v) is 39.8. The van der Waals surface area contributed by atoms with Crippen molar-refractivity contribution in [1.29, 1.82) is 0 Å². The number of rotatable bonds is 13. The van der Waals surface area contributed by atoms with Crippen molar-refractivity contribution in [3.8, 4) is 0 Å².